The number of amidine groups is 1. The van der Waals surface area contributed by atoms with E-state index >= 15 is 0 Å². The van der Waals surface area contributed by atoms with Crippen LogP contribution < -0.4 is 5.73 Å². The van der Waals surface area contributed by atoms with Crippen molar-refractivity contribution in [3.63, 3.8) is 0 Å². The van der Waals surface area contributed by atoms with Crippen molar-refractivity contribution in [2.45, 2.75) is 65.6 Å². The number of benzene rings is 1. The second-order valence-electron chi connectivity index (χ2n) is 7.97. The number of aromatic nitrogens is 2. The fraction of sp³-hybridized carbons (Fsp3) is 0.500. The number of hydrogen-bond acceptors (Lipinski definition) is 4. The Morgan fingerprint density at radius 3 is 2.62 bits per heavy atom. The summed E-state index contributed by atoms with van der Waals surface area (Å²) in [5, 5.41) is 8.47. The third-order valence-corrected chi connectivity index (χ3v) is 5.49. The van der Waals surface area contributed by atoms with Gasteiger partial charge in [-0.25, -0.2) is 0 Å². The molecule has 1 aliphatic rings. The summed E-state index contributed by atoms with van der Waals surface area (Å²) in [5.41, 5.74) is 10.0. The summed E-state index contributed by atoms with van der Waals surface area (Å²) >= 11 is 0. The minimum Gasteiger partial charge on any atom is -0.384 e. The molecule has 0 spiro atoms. The van der Waals surface area contributed by atoms with Gasteiger partial charge in [-0.3, -0.25) is 9.48 Å². The van der Waals surface area contributed by atoms with Gasteiger partial charge in [-0.2, -0.15) is 5.10 Å². The normalized spacial score (nSPS) is 20.0. The van der Waals surface area contributed by atoms with Crippen LogP contribution in [-0.2, 0) is 16.2 Å². The zero-order chi connectivity index (χ0) is 21.0. The Balaban J connectivity index is 1.61. The van der Waals surface area contributed by atoms with Gasteiger partial charge in [0.15, 0.2) is 12.4 Å². The Morgan fingerprint density at radius 1 is 1.24 bits per heavy atom. The van der Waals surface area contributed by atoms with E-state index in [9.17, 15) is 4.79 Å². The first kappa shape index (κ1) is 20.9. The van der Waals surface area contributed by atoms with E-state index in [2.05, 4.69) is 30.2 Å². The van der Waals surface area contributed by atoms with E-state index in [4.69, 9.17) is 10.6 Å². The average molecular weight is 398 g/mol. The third kappa shape index (κ3) is 5.16. The van der Waals surface area contributed by atoms with Crippen molar-refractivity contribution in [2.75, 3.05) is 6.61 Å². The topological polar surface area (TPSA) is 85.7 Å². The number of likely N-dealkylation sites (tertiary alicyclic amines) is 1. The van der Waals surface area contributed by atoms with Crippen molar-refractivity contribution < 1.29 is 9.63 Å². The quantitative estimate of drug-likeness (QED) is 0.461. The number of carbonyl (C=O) groups excluding carboxylic acids is 1. The lowest BCUT2D eigenvalue weighted by Gasteiger charge is -2.38. The van der Waals surface area contributed by atoms with Crippen LogP contribution in [-0.4, -0.2) is 45.1 Å². The fourth-order valence-electron chi connectivity index (χ4n) is 4.03. The molecule has 7 nitrogen and oxygen atoms in total. The number of hydrogen-bond donors (Lipinski definition) is 1. The van der Waals surface area contributed by atoms with E-state index in [0.717, 1.165) is 41.8 Å². The maximum Gasteiger partial charge on any atom is 0.263 e. The molecule has 1 fully saturated rings. The van der Waals surface area contributed by atoms with Gasteiger partial charge in [0.2, 0.25) is 0 Å². The maximum absolute atomic E-state index is 12.5. The molecule has 2 unspecified atom stereocenters. The van der Waals surface area contributed by atoms with Gasteiger partial charge in [0.1, 0.15) is 0 Å². The van der Waals surface area contributed by atoms with Crippen molar-refractivity contribution >= 4 is 11.7 Å². The van der Waals surface area contributed by atoms with Gasteiger partial charge in [-0.1, -0.05) is 23.4 Å². The Bertz CT molecular complexity index is 879. The average Bonchev–Trinajstić information content (AvgIpc) is 2.98. The van der Waals surface area contributed by atoms with E-state index in [1.165, 1.54) is 0 Å². The molecule has 7 heteroatoms. The molecule has 0 bridgehead atoms. The third-order valence-electron chi connectivity index (χ3n) is 5.49. The van der Waals surface area contributed by atoms with Crippen molar-refractivity contribution in [3.05, 3.63) is 52.8 Å². The zero-order valence-electron chi connectivity index (χ0n) is 17.8. The lowest BCUT2D eigenvalue weighted by Crippen LogP contribution is -2.48. The number of nitrogens with zero attached hydrogens (tertiary/aromatic N) is 4. The molecule has 1 aromatic carbocycles. The summed E-state index contributed by atoms with van der Waals surface area (Å²) in [7, 11) is 0. The molecule has 29 heavy (non-hydrogen) atoms. The zero-order valence-corrected chi connectivity index (χ0v) is 17.8. The molecule has 1 amide bonds. The SMILES string of the molecule is Cc1cc(C)n(Cc2cccc(/C(N)=N\OCC(=O)N3C(C)CCCC3C)c2)n1. The molecule has 2 heterocycles. The van der Waals surface area contributed by atoms with Crippen LogP contribution in [0.5, 0.6) is 0 Å². The monoisotopic (exact) mass is 397 g/mol. The summed E-state index contributed by atoms with van der Waals surface area (Å²) in [6, 6.07) is 10.3. The number of aryl methyl sites for hydroxylation is 2. The van der Waals surface area contributed by atoms with Gasteiger partial charge in [-0.05, 0) is 64.7 Å². The van der Waals surface area contributed by atoms with Crippen molar-refractivity contribution in [1.29, 1.82) is 0 Å². The number of piperidine rings is 1. The molecule has 1 saturated heterocycles. The van der Waals surface area contributed by atoms with Crippen LogP contribution >= 0.6 is 0 Å². The number of carbonyl (C=O) groups is 1. The minimum absolute atomic E-state index is 0.0421. The lowest BCUT2D eigenvalue weighted by molar-refractivity contribution is -0.142. The van der Waals surface area contributed by atoms with Gasteiger partial charge < -0.3 is 15.5 Å². The van der Waals surface area contributed by atoms with E-state index in [1.54, 1.807) is 0 Å². The Hall–Kier alpha value is -2.83. The lowest BCUT2D eigenvalue weighted by atomic mass is 9.97. The van der Waals surface area contributed by atoms with Gasteiger partial charge in [0.05, 0.1) is 12.2 Å². The second kappa shape index (κ2) is 9.11. The van der Waals surface area contributed by atoms with Crippen molar-refractivity contribution in [1.82, 2.24) is 14.7 Å². The highest BCUT2D eigenvalue weighted by molar-refractivity contribution is 5.97. The molecule has 0 radical (unpaired) electrons. The van der Waals surface area contributed by atoms with Crippen LogP contribution in [0.25, 0.3) is 0 Å². The molecule has 2 aromatic rings. The van der Waals surface area contributed by atoms with Crippen LogP contribution in [0.4, 0.5) is 0 Å². The number of nitrogens with two attached hydrogens (primary N) is 1. The highest BCUT2D eigenvalue weighted by atomic mass is 16.6. The molecule has 156 valence electrons. The van der Waals surface area contributed by atoms with E-state index in [0.29, 0.717) is 6.54 Å². The Labute approximate surface area is 172 Å². The summed E-state index contributed by atoms with van der Waals surface area (Å²) in [5.74, 6) is 0.215. The predicted molar refractivity (Wildman–Crippen MR) is 114 cm³/mol. The van der Waals surface area contributed by atoms with Crippen LogP contribution in [0.1, 0.15) is 55.6 Å². The van der Waals surface area contributed by atoms with Gasteiger partial charge in [-0.15, -0.1) is 0 Å². The van der Waals surface area contributed by atoms with E-state index < -0.39 is 0 Å². The molecule has 1 aliphatic heterocycles. The molecule has 0 saturated carbocycles. The molecule has 2 N–H and O–H groups in total. The molecule has 3 rings (SSSR count). The summed E-state index contributed by atoms with van der Waals surface area (Å²) < 4.78 is 1.96. The maximum atomic E-state index is 12.5. The number of amides is 1. The highest BCUT2D eigenvalue weighted by Gasteiger charge is 2.29. The van der Waals surface area contributed by atoms with Gasteiger partial charge >= 0.3 is 0 Å². The molecular weight excluding hydrogens is 366 g/mol. The fourth-order valence-corrected chi connectivity index (χ4v) is 4.03. The summed E-state index contributed by atoms with van der Waals surface area (Å²) in [4.78, 5) is 19.7. The van der Waals surface area contributed by atoms with Crippen molar-refractivity contribution in [2.24, 2.45) is 10.9 Å². The first-order valence-corrected chi connectivity index (χ1v) is 10.2. The van der Waals surface area contributed by atoms with Crippen LogP contribution in [0.2, 0.25) is 0 Å². The predicted octanol–water partition coefficient (Wildman–Crippen LogP) is 2.97. The van der Waals surface area contributed by atoms with Crippen LogP contribution in [0, 0.1) is 13.8 Å². The van der Waals surface area contributed by atoms with E-state index in [-0.39, 0.29) is 30.4 Å². The molecule has 2 atom stereocenters. The minimum atomic E-state index is -0.0964. The molecule has 1 aromatic heterocycles. The standard InChI is InChI=1S/C22H31N5O2/c1-15-11-18(4)26(24-15)13-19-9-6-10-20(12-19)22(23)25-29-14-21(28)27-16(2)7-5-8-17(27)3/h6,9-12,16-17H,5,7-8,13-14H2,1-4H3,(H2,23,25). The van der Waals surface area contributed by atoms with E-state index in [1.807, 2.05) is 47.7 Å². The second-order valence-corrected chi connectivity index (χ2v) is 7.97. The molecule has 0 aliphatic carbocycles. The largest absolute Gasteiger partial charge is 0.384 e. The van der Waals surface area contributed by atoms with Gasteiger partial charge in [0.25, 0.3) is 5.91 Å². The van der Waals surface area contributed by atoms with Crippen LogP contribution in [0.3, 0.4) is 0 Å². The molecular formula is C22H31N5O2. The number of oxime groups is 1. The first-order chi connectivity index (χ1) is 13.8. The van der Waals surface area contributed by atoms with Crippen LogP contribution in [0.15, 0.2) is 35.5 Å². The van der Waals surface area contributed by atoms with Gasteiger partial charge in [0, 0.05) is 23.3 Å². The summed E-state index contributed by atoms with van der Waals surface area (Å²) in [6.07, 6.45) is 3.22. The Kier molecular flexibility index (Phi) is 6.56. The van der Waals surface area contributed by atoms with Crippen molar-refractivity contribution in [3.8, 4) is 0 Å². The Morgan fingerprint density at radius 2 is 1.97 bits per heavy atom. The number of rotatable bonds is 6. The summed E-state index contributed by atoms with van der Waals surface area (Å²) in [6.45, 7) is 8.74. The first-order valence-electron chi connectivity index (χ1n) is 10.2. The highest BCUT2D eigenvalue weighted by Crippen LogP contribution is 2.22. The smallest absolute Gasteiger partial charge is 0.263 e.